The number of nitrogens with one attached hydrogen (secondary N) is 1. The molecule has 1 aromatic carbocycles. The van der Waals surface area contributed by atoms with Crippen LogP contribution in [-0.4, -0.2) is 23.5 Å². The van der Waals surface area contributed by atoms with Crippen molar-refractivity contribution < 1.29 is 14.5 Å². The highest BCUT2D eigenvalue weighted by atomic mass is 16.6. The number of nitro benzene ring substituents is 1. The van der Waals surface area contributed by atoms with E-state index in [-0.39, 0.29) is 24.2 Å². The molecule has 6 nitrogen and oxygen atoms in total. The zero-order valence-corrected chi connectivity index (χ0v) is 11.4. The maximum atomic E-state index is 11.7. The van der Waals surface area contributed by atoms with Crippen LogP contribution in [0.1, 0.15) is 26.2 Å². The smallest absolute Gasteiger partial charge is 0.273 e. The summed E-state index contributed by atoms with van der Waals surface area (Å²) in [6, 6.07) is 6.05. The number of amides is 1. The van der Waals surface area contributed by atoms with Crippen LogP contribution in [0.2, 0.25) is 0 Å². The van der Waals surface area contributed by atoms with Crippen molar-refractivity contribution in [1.82, 2.24) is 5.32 Å². The van der Waals surface area contributed by atoms with Crippen molar-refractivity contribution >= 4 is 11.6 Å². The lowest BCUT2D eigenvalue weighted by molar-refractivity contribution is -0.384. The van der Waals surface area contributed by atoms with E-state index in [1.165, 1.54) is 18.2 Å². The van der Waals surface area contributed by atoms with Gasteiger partial charge in [-0.1, -0.05) is 13.0 Å². The summed E-state index contributed by atoms with van der Waals surface area (Å²) in [4.78, 5) is 21.9. The van der Waals surface area contributed by atoms with E-state index >= 15 is 0 Å². The molecule has 0 radical (unpaired) electrons. The van der Waals surface area contributed by atoms with E-state index in [4.69, 9.17) is 4.74 Å². The van der Waals surface area contributed by atoms with Crippen molar-refractivity contribution in [3.8, 4) is 5.75 Å². The first-order valence-electron chi connectivity index (χ1n) is 6.71. The molecule has 1 N–H and O–H groups in total. The van der Waals surface area contributed by atoms with E-state index in [1.807, 2.05) is 0 Å². The summed E-state index contributed by atoms with van der Waals surface area (Å²) in [7, 11) is 0. The Morgan fingerprint density at radius 1 is 1.50 bits per heavy atom. The van der Waals surface area contributed by atoms with Gasteiger partial charge < -0.3 is 10.1 Å². The number of carbonyl (C=O) groups excluding carboxylic acids is 1. The summed E-state index contributed by atoms with van der Waals surface area (Å²) < 4.78 is 5.28. The maximum Gasteiger partial charge on any atom is 0.273 e. The van der Waals surface area contributed by atoms with Crippen molar-refractivity contribution in [2.75, 3.05) is 6.61 Å². The predicted molar refractivity (Wildman–Crippen MR) is 73.5 cm³/mol. The average Bonchev–Trinajstić information content (AvgIpc) is 2.82. The van der Waals surface area contributed by atoms with E-state index in [1.54, 1.807) is 6.07 Å². The molecule has 20 heavy (non-hydrogen) atoms. The van der Waals surface area contributed by atoms with Crippen LogP contribution in [0.25, 0.3) is 0 Å². The fraction of sp³-hybridized carbons (Fsp3) is 0.500. The van der Waals surface area contributed by atoms with Crippen molar-refractivity contribution in [1.29, 1.82) is 0 Å². The van der Waals surface area contributed by atoms with Crippen LogP contribution in [0, 0.1) is 16.0 Å². The molecule has 6 heteroatoms. The van der Waals surface area contributed by atoms with Gasteiger partial charge in [0, 0.05) is 12.1 Å². The number of nitrogens with zero attached hydrogens (tertiary/aromatic N) is 1. The molecule has 1 aliphatic rings. The van der Waals surface area contributed by atoms with Crippen LogP contribution in [0.4, 0.5) is 5.69 Å². The Hall–Kier alpha value is -2.11. The monoisotopic (exact) mass is 278 g/mol. The lowest BCUT2D eigenvalue weighted by Crippen LogP contribution is -2.36. The standard InChI is InChI=1S/C14H18N2O4/c1-10-5-6-11(7-10)15-14(17)9-20-13-4-2-3-12(8-13)16(18)19/h2-4,8,10-11H,5-7,9H2,1H3,(H,15,17). The van der Waals surface area contributed by atoms with Gasteiger partial charge in [-0.05, 0) is 31.2 Å². The summed E-state index contributed by atoms with van der Waals surface area (Å²) in [5, 5.41) is 13.5. The number of ether oxygens (including phenoxy) is 1. The Bertz CT molecular complexity index is 504. The van der Waals surface area contributed by atoms with E-state index in [9.17, 15) is 14.9 Å². The number of benzene rings is 1. The Kier molecular flexibility index (Phi) is 4.55. The quantitative estimate of drug-likeness (QED) is 0.661. The van der Waals surface area contributed by atoms with Crippen molar-refractivity contribution in [3.05, 3.63) is 34.4 Å². The van der Waals surface area contributed by atoms with Crippen LogP contribution in [0.3, 0.4) is 0 Å². The van der Waals surface area contributed by atoms with Crippen molar-refractivity contribution in [2.24, 2.45) is 5.92 Å². The summed E-state index contributed by atoms with van der Waals surface area (Å²) in [6.07, 6.45) is 3.14. The van der Waals surface area contributed by atoms with Crippen molar-refractivity contribution in [3.63, 3.8) is 0 Å². The number of non-ortho nitro benzene ring substituents is 1. The average molecular weight is 278 g/mol. The zero-order valence-electron chi connectivity index (χ0n) is 11.4. The van der Waals surface area contributed by atoms with Gasteiger partial charge in [-0.2, -0.15) is 0 Å². The highest BCUT2D eigenvalue weighted by Crippen LogP contribution is 2.24. The molecule has 0 spiro atoms. The first kappa shape index (κ1) is 14.3. The Morgan fingerprint density at radius 2 is 2.30 bits per heavy atom. The number of hydrogen-bond donors (Lipinski definition) is 1. The molecular formula is C14H18N2O4. The lowest BCUT2D eigenvalue weighted by atomic mass is 10.1. The molecule has 2 rings (SSSR count). The van der Waals surface area contributed by atoms with Crippen molar-refractivity contribution in [2.45, 2.75) is 32.2 Å². The second-order valence-electron chi connectivity index (χ2n) is 5.23. The summed E-state index contributed by atoms with van der Waals surface area (Å²) in [5.41, 5.74) is -0.0486. The minimum atomic E-state index is -0.493. The Balaban J connectivity index is 1.81. The molecule has 2 atom stereocenters. The SMILES string of the molecule is CC1CCC(NC(=O)COc2cccc([N+](=O)[O-])c2)C1. The highest BCUT2D eigenvalue weighted by Gasteiger charge is 2.22. The van der Waals surface area contributed by atoms with Gasteiger partial charge in [0.1, 0.15) is 5.75 Å². The van der Waals surface area contributed by atoms with Gasteiger partial charge in [-0.15, -0.1) is 0 Å². The maximum absolute atomic E-state index is 11.7. The topological polar surface area (TPSA) is 81.5 Å². The first-order valence-corrected chi connectivity index (χ1v) is 6.71. The highest BCUT2D eigenvalue weighted by molar-refractivity contribution is 5.77. The van der Waals surface area contributed by atoms with Gasteiger partial charge in [0.2, 0.25) is 0 Å². The molecule has 0 aliphatic heterocycles. The fourth-order valence-electron chi connectivity index (χ4n) is 2.44. The van der Waals surface area contributed by atoms with Gasteiger partial charge in [0.15, 0.2) is 6.61 Å². The van der Waals surface area contributed by atoms with Crippen LogP contribution in [0.5, 0.6) is 5.75 Å². The number of hydrogen-bond acceptors (Lipinski definition) is 4. The molecule has 0 heterocycles. The number of nitro groups is 1. The first-order chi connectivity index (χ1) is 9.54. The van der Waals surface area contributed by atoms with E-state index in [2.05, 4.69) is 12.2 Å². The molecule has 0 bridgehead atoms. The van der Waals surface area contributed by atoms with Gasteiger partial charge in [0.05, 0.1) is 11.0 Å². The van der Waals surface area contributed by atoms with E-state index in [0.29, 0.717) is 11.7 Å². The second-order valence-corrected chi connectivity index (χ2v) is 5.23. The summed E-state index contributed by atoms with van der Waals surface area (Å²) >= 11 is 0. The van der Waals surface area contributed by atoms with Gasteiger partial charge in [-0.25, -0.2) is 0 Å². The molecular weight excluding hydrogens is 260 g/mol. The molecule has 1 amide bonds. The lowest BCUT2D eigenvalue weighted by Gasteiger charge is -2.12. The van der Waals surface area contributed by atoms with Gasteiger partial charge >= 0.3 is 0 Å². The number of carbonyl (C=O) groups is 1. The third kappa shape index (κ3) is 3.94. The van der Waals surface area contributed by atoms with E-state index < -0.39 is 4.92 Å². The molecule has 0 saturated heterocycles. The molecule has 1 aromatic rings. The van der Waals surface area contributed by atoms with Crippen LogP contribution in [-0.2, 0) is 4.79 Å². The minimum absolute atomic E-state index is 0.0486. The van der Waals surface area contributed by atoms with E-state index in [0.717, 1.165) is 19.3 Å². The third-order valence-electron chi connectivity index (χ3n) is 3.46. The predicted octanol–water partition coefficient (Wildman–Crippen LogP) is 2.28. The van der Waals surface area contributed by atoms with Gasteiger partial charge in [0.25, 0.3) is 11.6 Å². The van der Waals surface area contributed by atoms with Gasteiger partial charge in [-0.3, -0.25) is 14.9 Å². The fourth-order valence-corrected chi connectivity index (χ4v) is 2.44. The minimum Gasteiger partial charge on any atom is -0.484 e. The molecule has 0 aromatic heterocycles. The molecule has 2 unspecified atom stereocenters. The van der Waals surface area contributed by atoms with Crippen LogP contribution >= 0.6 is 0 Å². The number of rotatable bonds is 5. The molecule has 1 aliphatic carbocycles. The second kappa shape index (κ2) is 6.36. The molecule has 1 saturated carbocycles. The van der Waals surface area contributed by atoms with Crippen LogP contribution < -0.4 is 10.1 Å². The molecule has 108 valence electrons. The normalized spacial score (nSPS) is 21.4. The summed E-state index contributed by atoms with van der Waals surface area (Å²) in [5.74, 6) is 0.794. The zero-order chi connectivity index (χ0) is 14.5. The Morgan fingerprint density at radius 3 is 2.95 bits per heavy atom. The van der Waals surface area contributed by atoms with Crippen LogP contribution in [0.15, 0.2) is 24.3 Å². The largest absolute Gasteiger partial charge is 0.484 e. The summed E-state index contributed by atoms with van der Waals surface area (Å²) in [6.45, 7) is 2.05. The molecule has 1 fully saturated rings. The third-order valence-corrected chi connectivity index (χ3v) is 3.46. The Labute approximate surface area is 117 Å².